The van der Waals surface area contributed by atoms with Crippen LogP contribution in [0.25, 0.3) is 10.8 Å². The minimum absolute atomic E-state index is 0.232. The molecule has 0 bridgehead atoms. The zero-order valence-electron chi connectivity index (χ0n) is 10.1. The molecule has 0 saturated carbocycles. The molecule has 0 saturated heterocycles. The third kappa shape index (κ3) is 2.14. The van der Waals surface area contributed by atoms with Crippen molar-refractivity contribution in [3.05, 3.63) is 59.8 Å². The molecule has 2 aromatic rings. The summed E-state index contributed by atoms with van der Waals surface area (Å²) < 4.78 is 0. The lowest BCUT2D eigenvalue weighted by Crippen LogP contribution is -2.11. The van der Waals surface area contributed by atoms with Crippen molar-refractivity contribution in [1.82, 2.24) is 5.32 Å². The Morgan fingerprint density at radius 1 is 1.00 bits per heavy atom. The van der Waals surface area contributed by atoms with Gasteiger partial charge in [-0.05, 0) is 22.8 Å². The number of carbonyl (C=O) groups excluding carboxylic acids is 1. The summed E-state index contributed by atoms with van der Waals surface area (Å²) >= 11 is 0. The minimum Gasteiger partial charge on any atom is -0.384 e. The zero-order valence-corrected chi connectivity index (χ0v) is 10.1. The van der Waals surface area contributed by atoms with Crippen molar-refractivity contribution < 1.29 is 4.79 Å². The van der Waals surface area contributed by atoms with Gasteiger partial charge in [-0.2, -0.15) is 0 Å². The van der Waals surface area contributed by atoms with E-state index in [4.69, 9.17) is 0 Å². The maximum atomic E-state index is 11.2. The van der Waals surface area contributed by atoms with E-state index in [1.54, 1.807) is 6.08 Å². The molecule has 0 spiro atoms. The lowest BCUT2D eigenvalue weighted by molar-refractivity contribution is -0.114. The summed E-state index contributed by atoms with van der Waals surface area (Å²) in [5, 5.41) is 5.89. The molecule has 0 radical (unpaired) electrons. The molecule has 2 nitrogen and oxygen atoms in total. The summed E-state index contributed by atoms with van der Waals surface area (Å²) in [6.07, 6.45) is 3.23. The van der Waals surface area contributed by atoms with Crippen molar-refractivity contribution in [2.24, 2.45) is 0 Å². The maximum absolute atomic E-state index is 11.2. The number of carbonyl (C=O) groups is 1. The van der Waals surface area contributed by atoms with Crippen LogP contribution in [-0.4, -0.2) is 5.78 Å². The molecule has 0 unspecified atom stereocenters. The van der Waals surface area contributed by atoms with Gasteiger partial charge in [-0.15, -0.1) is 0 Å². The highest BCUT2D eigenvalue weighted by Crippen LogP contribution is 2.19. The first-order valence-corrected chi connectivity index (χ1v) is 6.27. The van der Waals surface area contributed by atoms with E-state index < -0.39 is 0 Å². The van der Waals surface area contributed by atoms with Gasteiger partial charge in [0.25, 0.3) is 0 Å². The van der Waals surface area contributed by atoms with Gasteiger partial charge >= 0.3 is 0 Å². The molecule has 18 heavy (non-hydrogen) atoms. The van der Waals surface area contributed by atoms with Gasteiger partial charge in [0.15, 0.2) is 5.78 Å². The maximum Gasteiger partial charge on any atom is 0.157 e. The van der Waals surface area contributed by atoms with Crippen LogP contribution in [0.2, 0.25) is 0 Å². The number of hydrogen-bond donors (Lipinski definition) is 1. The molecule has 0 heterocycles. The Kier molecular flexibility index (Phi) is 2.85. The molecule has 3 rings (SSSR count). The fraction of sp³-hybridized carbons (Fsp3) is 0.188. The molecule has 1 N–H and O–H groups in total. The monoisotopic (exact) mass is 237 g/mol. The molecule has 1 aliphatic carbocycles. The molecular weight excluding hydrogens is 222 g/mol. The first kappa shape index (κ1) is 11.0. The van der Waals surface area contributed by atoms with Gasteiger partial charge in [-0.1, -0.05) is 42.5 Å². The largest absolute Gasteiger partial charge is 0.384 e. The van der Waals surface area contributed by atoms with E-state index in [1.807, 2.05) is 0 Å². The third-order valence-corrected chi connectivity index (χ3v) is 3.36. The van der Waals surface area contributed by atoms with Crippen LogP contribution in [0.4, 0.5) is 0 Å². The molecule has 0 aliphatic heterocycles. The van der Waals surface area contributed by atoms with Gasteiger partial charge in [0.1, 0.15) is 0 Å². The topological polar surface area (TPSA) is 29.1 Å². The van der Waals surface area contributed by atoms with Crippen LogP contribution in [0.5, 0.6) is 0 Å². The van der Waals surface area contributed by atoms with Crippen molar-refractivity contribution in [2.75, 3.05) is 0 Å². The normalized spacial score (nSPS) is 14.9. The van der Waals surface area contributed by atoms with E-state index in [0.717, 1.165) is 18.7 Å². The van der Waals surface area contributed by atoms with Gasteiger partial charge < -0.3 is 5.32 Å². The molecule has 0 amide bonds. The Balaban J connectivity index is 1.83. The highest BCUT2D eigenvalue weighted by atomic mass is 16.1. The molecule has 90 valence electrons. The average molecular weight is 237 g/mol. The molecule has 1 aliphatic rings. The van der Waals surface area contributed by atoms with Gasteiger partial charge in [0, 0.05) is 24.7 Å². The quantitative estimate of drug-likeness (QED) is 0.888. The summed E-state index contributed by atoms with van der Waals surface area (Å²) in [5.41, 5.74) is 2.33. The number of allylic oxidation sites excluding steroid dienone is 2. The number of benzene rings is 2. The minimum atomic E-state index is 0.232. The van der Waals surface area contributed by atoms with Gasteiger partial charge in [-0.3, -0.25) is 4.79 Å². The van der Waals surface area contributed by atoms with Crippen LogP contribution in [0, 0.1) is 0 Å². The number of ketones is 1. The Hall–Kier alpha value is -2.09. The Bertz CT molecular complexity index is 623. The second-order valence-electron chi connectivity index (χ2n) is 4.63. The fourth-order valence-corrected chi connectivity index (χ4v) is 2.39. The van der Waals surface area contributed by atoms with E-state index in [-0.39, 0.29) is 5.78 Å². The SMILES string of the molecule is O=C1C=C(NCc2cccc3ccccc23)CC1. The van der Waals surface area contributed by atoms with E-state index in [0.29, 0.717) is 6.42 Å². The van der Waals surface area contributed by atoms with Crippen molar-refractivity contribution in [2.45, 2.75) is 19.4 Å². The number of hydrogen-bond acceptors (Lipinski definition) is 2. The zero-order chi connectivity index (χ0) is 12.4. The second-order valence-corrected chi connectivity index (χ2v) is 4.63. The van der Waals surface area contributed by atoms with Crippen molar-refractivity contribution in [1.29, 1.82) is 0 Å². The van der Waals surface area contributed by atoms with Crippen LogP contribution in [0.1, 0.15) is 18.4 Å². The van der Waals surface area contributed by atoms with E-state index in [1.165, 1.54) is 16.3 Å². The molecule has 2 aromatic carbocycles. The number of rotatable bonds is 3. The van der Waals surface area contributed by atoms with E-state index in [9.17, 15) is 4.79 Å². The van der Waals surface area contributed by atoms with Gasteiger partial charge in [0.2, 0.25) is 0 Å². The van der Waals surface area contributed by atoms with Crippen LogP contribution >= 0.6 is 0 Å². The highest BCUT2D eigenvalue weighted by molar-refractivity contribution is 5.92. The standard InChI is InChI=1S/C16H15NO/c18-15-9-8-14(10-15)17-11-13-6-3-5-12-4-1-2-7-16(12)13/h1-7,10,17H,8-9,11H2. The van der Waals surface area contributed by atoms with Crippen LogP contribution in [0.15, 0.2) is 54.2 Å². The first-order valence-electron chi connectivity index (χ1n) is 6.27. The van der Waals surface area contributed by atoms with Gasteiger partial charge in [0.05, 0.1) is 0 Å². The number of fused-ring (bicyclic) bond motifs is 1. The number of nitrogens with one attached hydrogen (secondary N) is 1. The van der Waals surface area contributed by atoms with Crippen LogP contribution in [-0.2, 0) is 11.3 Å². The summed E-state index contributed by atoms with van der Waals surface area (Å²) in [4.78, 5) is 11.2. The molecule has 0 fully saturated rings. The fourth-order valence-electron chi connectivity index (χ4n) is 2.39. The summed E-state index contributed by atoms with van der Waals surface area (Å²) in [6.45, 7) is 0.778. The van der Waals surface area contributed by atoms with Gasteiger partial charge in [-0.25, -0.2) is 0 Å². The average Bonchev–Trinajstić information content (AvgIpc) is 2.82. The molecule has 2 heteroatoms. The third-order valence-electron chi connectivity index (χ3n) is 3.36. The second kappa shape index (κ2) is 4.65. The lowest BCUT2D eigenvalue weighted by Gasteiger charge is -2.09. The van der Waals surface area contributed by atoms with Crippen molar-refractivity contribution >= 4 is 16.6 Å². The molecule has 0 atom stereocenters. The highest BCUT2D eigenvalue weighted by Gasteiger charge is 2.11. The Morgan fingerprint density at radius 3 is 2.67 bits per heavy atom. The first-order chi connectivity index (χ1) is 8.83. The summed E-state index contributed by atoms with van der Waals surface area (Å²) in [6, 6.07) is 14.7. The summed E-state index contributed by atoms with van der Waals surface area (Å²) in [5.74, 6) is 0.232. The molecule has 0 aromatic heterocycles. The summed E-state index contributed by atoms with van der Waals surface area (Å²) in [7, 11) is 0. The lowest BCUT2D eigenvalue weighted by atomic mass is 10.0. The van der Waals surface area contributed by atoms with Crippen LogP contribution < -0.4 is 5.32 Å². The Labute approximate surface area is 106 Å². The van der Waals surface area contributed by atoms with Crippen molar-refractivity contribution in [3.63, 3.8) is 0 Å². The van der Waals surface area contributed by atoms with Crippen molar-refractivity contribution in [3.8, 4) is 0 Å². The van der Waals surface area contributed by atoms with E-state index in [2.05, 4.69) is 47.8 Å². The smallest absolute Gasteiger partial charge is 0.157 e. The predicted molar refractivity (Wildman–Crippen MR) is 73.1 cm³/mol. The van der Waals surface area contributed by atoms with Crippen LogP contribution in [0.3, 0.4) is 0 Å². The van der Waals surface area contributed by atoms with E-state index >= 15 is 0 Å². The predicted octanol–water partition coefficient (Wildman–Crippen LogP) is 3.18. The Morgan fingerprint density at radius 2 is 1.83 bits per heavy atom. The molecular formula is C16H15NO.